The van der Waals surface area contributed by atoms with Gasteiger partial charge in [0, 0.05) is 23.2 Å². The van der Waals surface area contributed by atoms with Gasteiger partial charge in [-0.15, -0.1) is 0 Å². The van der Waals surface area contributed by atoms with Gasteiger partial charge in [0.25, 0.3) is 0 Å². The van der Waals surface area contributed by atoms with Crippen molar-refractivity contribution in [2.45, 2.75) is 51.7 Å². The number of benzene rings is 1. The number of fused-ring (bicyclic) bond motifs is 3. The van der Waals surface area contributed by atoms with E-state index >= 15 is 0 Å². The molecule has 0 radical (unpaired) electrons. The van der Waals surface area contributed by atoms with Crippen molar-refractivity contribution in [1.29, 1.82) is 0 Å². The third-order valence-corrected chi connectivity index (χ3v) is 7.42. The highest BCUT2D eigenvalue weighted by molar-refractivity contribution is 5.53. The summed E-state index contributed by atoms with van der Waals surface area (Å²) in [6.45, 7) is 12.2. The first-order valence-electron chi connectivity index (χ1n) is 8.73. The van der Waals surface area contributed by atoms with Crippen LogP contribution in [0.5, 0.6) is 0 Å². The molecule has 124 valence electrons. The van der Waals surface area contributed by atoms with Crippen molar-refractivity contribution in [2.75, 3.05) is 17.7 Å². The molecule has 3 nitrogen and oxygen atoms in total. The zero-order valence-electron chi connectivity index (χ0n) is 14.5. The molecule has 1 heterocycles. The number of nitrogen functional groups attached to an aromatic ring is 1. The molecule has 0 unspecified atom stereocenters. The van der Waals surface area contributed by atoms with Gasteiger partial charge in [-0.1, -0.05) is 27.4 Å². The molecule has 3 heteroatoms. The van der Waals surface area contributed by atoms with Crippen molar-refractivity contribution in [3.63, 3.8) is 0 Å². The van der Waals surface area contributed by atoms with E-state index in [0.717, 1.165) is 17.8 Å². The first kappa shape index (κ1) is 15.1. The first-order chi connectivity index (χ1) is 10.8. The van der Waals surface area contributed by atoms with Crippen LogP contribution in [0.2, 0.25) is 0 Å². The van der Waals surface area contributed by atoms with E-state index < -0.39 is 0 Å². The van der Waals surface area contributed by atoms with Crippen LogP contribution >= 0.6 is 0 Å². The lowest BCUT2D eigenvalue weighted by Crippen LogP contribution is -2.55. The van der Waals surface area contributed by atoms with E-state index in [0.29, 0.717) is 18.6 Å². The molecule has 2 saturated carbocycles. The maximum Gasteiger partial charge on any atom is 0.0985 e. The standard InChI is InChI=1S/C20H28N2O/c1-13-11-20(23-12-13)17(22-15-7-5-14(21)6-8-15)16-9-10-19(20,4)18(16,2)3/h5-8,16-17,22H,1,9-12,21H2,2-4H3/t16-,17-,19-,20-/m0/s1. The summed E-state index contributed by atoms with van der Waals surface area (Å²) in [6.07, 6.45) is 3.50. The molecular formula is C20H28N2O. The Bertz CT molecular complexity index is 650. The lowest BCUT2D eigenvalue weighted by Gasteiger charge is -2.48. The number of rotatable bonds is 2. The van der Waals surface area contributed by atoms with Gasteiger partial charge in [-0.05, 0) is 54.0 Å². The van der Waals surface area contributed by atoms with Gasteiger partial charge in [0.05, 0.1) is 18.2 Å². The maximum atomic E-state index is 6.51. The Kier molecular flexibility index (Phi) is 2.97. The van der Waals surface area contributed by atoms with E-state index in [4.69, 9.17) is 10.5 Å². The van der Waals surface area contributed by atoms with Crippen molar-refractivity contribution < 1.29 is 4.74 Å². The van der Waals surface area contributed by atoms with Crippen molar-refractivity contribution in [3.8, 4) is 0 Å². The second-order valence-electron chi connectivity index (χ2n) is 8.55. The largest absolute Gasteiger partial charge is 0.399 e. The lowest BCUT2D eigenvalue weighted by molar-refractivity contribution is -0.109. The van der Waals surface area contributed by atoms with Crippen LogP contribution in [-0.4, -0.2) is 18.2 Å². The van der Waals surface area contributed by atoms with E-state index in [9.17, 15) is 0 Å². The van der Waals surface area contributed by atoms with Crippen LogP contribution in [-0.2, 0) is 4.74 Å². The summed E-state index contributed by atoms with van der Waals surface area (Å²) in [6, 6.07) is 8.41. The minimum Gasteiger partial charge on any atom is -0.399 e. The Morgan fingerprint density at radius 3 is 2.52 bits per heavy atom. The van der Waals surface area contributed by atoms with E-state index in [1.165, 1.54) is 18.4 Å². The highest BCUT2D eigenvalue weighted by Crippen LogP contribution is 2.73. The molecule has 4 atom stereocenters. The molecule has 3 N–H and O–H groups in total. The fourth-order valence-electron chi connectivity index (χ4n) is 5.78. The monoisotopic (exact) mass is 312 g/mol. The third-order valence-electron chi connectivity index (χ3n) is 7.42. The van der Waals surface area contributed by atoms with Crippen LogP contribution in [0.1, 0.15) is 40.0 Å². The average molecular weight is 312 g/mol. The summed E-state index contributed by atoms with van der Waals surface area (Å²) in [5.74, 6) is 0.621. The summed E-state index contributed by atoms with van der Waals surface area (Å²) in [5, 5.41) is 3.81. The van der Waals surface area contributed by atoms with E-state index in [1.807, 2.05) is 12.1 Å². The quantitative estimate of drug-likeness (QED) is 0.635. The summed E-state index contributed by atoms with van der Waals surface area (Å²) >= 11 is 0. The number of nitrogens with one attached hydrogen (secondary N) is 1. The minimum atomic E-state index is -0.127. The molecule has 1 saturated heterocycles. The van der Waals surface area contributed by atoms with Crippen molar-refractivity contribution in [3.05, 3.63) is 36.4 Å². The Balaban J connectivity index is 1.75. The predicted octanol–water partition coefficient (Wildman–Crippen LogP) is 4.22. The second-order valence-corrected chi connectivity index (χ2v) is 8.55. The molecule has 3 aliphatic rings. The molecule has 0 aromatic heterocycles. The van der Waals surface area contributed by atoms with E-state index in [1.54, 1.807) is 0 Å². The van der Waals surface area contributed by atoms with Crippen LogP contribution in [0.15, 0.2) is 36.4 Å². The normalized spacial score (nSPS) is 40.9. The molecule has 4 rings (SSSR count). The van der Waals surface area contributed by atoms with Gasteiger partial charge in [0.15, 0.2) is 0 Å². The molecular weight excluding hydrogens is 284 g/mol. The highest BCUT2D eigenvalue weighted by atomic mass is 16.5. The fourth-order valence-corrected chi connectivity index (χ4v) is 5.78. The number of nitrogens with two attached hydrogens (primary N) is 1. The topological polar surface area (TPSA) is 47.3 Å². The zero-order chi connectivity index (χ0) is 16.5. The van der Waals surface area contributed by atoms with E-state index in [2.05, 4.69) is 44.8 Å². The molecule has 1 spiro atoms. The number of ether oxygens (including phenoxy) is 1. The van der Waals surface area contributed by atoms with Crippen LogP contribution in [0.4, 0.5) is 11.4 Å². The Morgan fingerprint density at radius 2 is 1.91 bits per heavy atom. The Morgan fingerprint density at radius 1 is 1.22 bits per heavy atom. The summed E-state index contributed by atoms with van der Waals surface area (Å²) < 4.78 is 6.51. The van der Waals surface area contributed by atoms with Gasteiger partial charge in [-0.2, -0.15) is 0 Å². The predicted molar refractivity (Wildman–Crippen MR) is 95.3 cm³/mol. The van der Waals surface area contributed by atoms with Crippen LogP contribution in [0.25, 0.3) is 0 Å². The van der Waals surface area contributed by atoms with Crippen molar-refractivity contribution >= 4 is 11.4 Å². The number of hydrogen-bond donors (Lipinski definition) is 2. The van der Waals surface area contributed by atoms with Gasteiger partial charge < -0.3 is 15.8 Å². The van der Waals surface area contributed by atoms with Gasteiger partial charge >= 0.3 is 0 Å². The maximum absolute atomic E-state index is 6.51. The zero-order valence-corrected chi connectivity index (χ0v) is 14.5. The number of anilines is 2. The SMILES string of the molecule is C=C1CO[C@@]2(C1)[C@@H](Nc1ccc(N)cc1)[C@@H]1CC[C@@]2(C)C1(C)C. The Labute approximate surface area is 139 Å². The summed E-state index contributed by atoms with van der Waals surface area (Å²) in [7, 11) is 0. The highest BCUT2D eigenvalue weighted by Gasteiger charge is 2.75. The molecule has 23 heavy (non-hydrogen) atoms. The molecule has 3 fully saturated rings. The molecule has 1 aromatic carbocycles. The van der Waals surface area contributed by atoms with E-state index in [-0.39, 0.29) is 16.4 Å². The van der Waals surface area contributed by atoms with Crippen molar-refractivity contribution in [1.82, 2.24) is 0 Å². The molecule has 2 aliphatic carbocycles. The molecule has 0 amide bonds. The van der Waals surface area contributed by atoms with Gasteiger partial charge in [-0.3, -0.25) is 0 Å². The summed E-state index contributed by atoms with van der Waals surface area (Å²) in [5.41, 5.74) is 9.33. The van der Waals surface area contributed by atoms with Gasteiger partial charge in [0.2, 0.25) is 0 Å². The van der Waals surface area contributed by atoms with Gasteiger partial charge in [0.1, 0.15) is 0 Å². The lowest BCUT2D eigenvalue weighted by atomic mass is 9.63. The smallest absolute Gasteiger partial charge is 0.0985 e. The summed E-state index contributed by atoms with van der Waals surface area (Å²) in [4.78, 5) is 0. The number of hydrogen-bond acceptors (Lipinski definition) is 3. The minimum absolute atomic E-state index is 0.127. The van der Waals surface area contributed by atoms with Crippen LogP contribution in [0.3, 0.4) is 0 Å². The molecule has 2 bridgehead atoms. The second kappa shape index (κ2) is 4.54. The molecule has 1 aliphatic heterocycles. The van der Waals surface area contributed by atoms with Crippen LogP contribution < -0.4 is 11.1 Å². The van der Waals surface area contributed by atoms with Gasteiger partial charge in [-0.25, -0.2) is 0 Å². The first-order valence-corrected chi connectivity index (χ1v) is 8.73. The Hall–Kier alpha value is -1.48. The fraction of sp³-hybridized carbons (Fsp3) is 0.600. The van der Waals surface area contributed by atoms with Crippen LogP contribution in [0, 0.1) is 16.7 Å². The average Bonchev–Trinajstić information content (AvgIpc) is 3.03. The van der Waals surface area contributed by atoms with Crippen molar-refractivity contribution in [2.24, 2.45) is 16.7 Å². The molecule has 1 aromatic rings. The third kappa shape index (κ3) is 1.74.